The van der Waals surface area contributed by atoms with E-state index in [2.05, 4.69) is 5.32 Å². The number of carbonyl (C=O) groups excluding carboxylic acids is 2. The molecule has 0 aromatic heterocycles. The summed E-state index contributed by atoms with van der Waals surface area (Å²) in [4.78, 5) is 28.0. The summed E-state index contributed by atoms with van der Waals surface area (Å²) in [5, 5.41) is 3.90. The minimum Gasteiger partial charge on any atom is -0.352 e. The third-order valence-electron chi connectivity index (χ3n) is 5.33. The molecule has 0 bridgehead atoms. The molecule has 0 aliphatic carbocycles. The van der Waals surface area contributed by atoms with Crippen molar-refractivity contribution in [2.45, 2.75) is 65.6 Å². The van der Waals surface area contributed by atoms with Gasteiger partial charge in [0.15, 0.2) is 0 Å². The van der Waals surface area contributed by atoms with Crippen molar-refractivity contribution in [2.24, 2.45) is 0 Å². The predicted molar refractivity (Wildman–Crippen MR) is 124 cm³/mol. The summed E-state index contributed by atoms with van der Waals surface area (Å²) in [6.45, 7) is 8.17. The van der Waals surface area contributed by atoms with E-state index >= 15 is 0 Å². The SMILES string of the molecule is CC[C@H](C)NC(=O)[C@H](CC)N(Cc1ccc(Cl)c(Cl)c1)C(=O)Cc1ccccc1C. The van der Waals surface area contributed by atoms with Gasteiger partial charge >= 0.3 is 0 Å². The molecule has 162 valence electrons. The Kier molecular flexibility index (Phi) is 9.19. The van der Waals surface area contributed by atoms with Crippen LogP contribution in [0.25, 0.3) is 0 Å². The van der Waals surface area contributed by atoms with Crippen molar-refractivity contribution in [2.75, 3.05) is 0 Å². The molecule has 0 saturated carbocycles. The molecule has 0 spiro atoms. The Morgan fingerprint density at radius 1 is 1.03 bits per heavy atom. The molecule has 2 aromatic carbocycles. The molecule has 0 heterocycles. The average Bonchev–Trinajstić information content (AvgIpc) is 2.72. The van der Waals surface area contributed by atoms with Crippen LogP contribution < -0.4 is 5.32 Å². The first-order valence-electron chi connectivity index (χ1n) is 10.3. The fourth-order valence-electron chi connectivity index (χ4n) is 3.27. The number of carbonyl (C=O) groups is 2. The molecule has 0 radical (unpaired) electrons. The lowest BCUT2D eigenvalue weighted by molar-refractivity contribution is -0.141. The van der Waals surface area contributed by atoms with E-state index in [-0.39, 0.29) is 30.8 Å². The number of benzene rings is 2. The van der Waals surface area contributed by atoms with E-state index in [1.807, 2.05) is 58.0 Å². The van der Waals surface area contributed by atoms with Crippen LogP contribution in [0.3, 0.4) is 0 Å². The van der Waals surface area contributed by atoms with Gasteiger partial charge in [-0.2, -0.15) is 0 Å². The summed E-state index contributed by atoms with van der Waals surface area (Å²) < 4.78 is 0. The Hall–Kier alpha value is -2.04. The minimum absolute atomic E-state index is 0.0462. The van der Waals surface area contributed by atoms with Crippen molar-refractivity contribution < 1.29 is 9.59 Å². The van der Waals surface area contributed by atoms with Crippen LogP contribution in [-0.4, -0.2) is 28.8 Å². The number of amides is 2. The standard InChI is InChI=1S/C24H30Cl2N2O2/c1-5-17(4)27-24(30)22(6-2)28(15-18-11-12-20(25)21(26)13-18)23(29)14-19-10-8-7-9-16(19)3/h7-13,17,22H,5-6,14-15H2,1-4H3,(H,27,30)/t17-,22-/m0/s1. The molecule has 2 rings (SSSR count). The molecule has 0 fully saturated rings. The van der Waals surface area contributed by atoms with Gasteiger partial charge in [0.05, 0.1) is 16.5 Å². The van der Waals surface area contributed by atoms with Crippen LogP contribution in [0.2, 0.25) is 10.0 Å². The van der Waals surface area contributed by atoms with Crippen LogP contribution in [0, 0.1) is 6.92 Å². The van der Waals surface area contributed by atoms with Gasteiger partial charge in [0.25, 0.3) is 0 Å². The van der Waals surface area contributed by atoms with Crippen molar-refractivity contribution in [3.63, 3.8) is 0 Å². The number of nitrogens with zero attached hydrogens (tertiary/aromatic N) is 1. The van der Waals surface area contributed by atoms with Gasteiger partial charge in [-0.15, -0.1) is 0 Å². The Balaban J connectivity index is 2.34. The van der Waals surface area contributed by atoms with Crippen LogP contribution in [-0.2, 0) is 22.6 Å². The Morgan fingerprint density at radius 2 is 1.73 bits per heavy atom. The highest BCUT2D eigenvalue weighted by Crippen LogP contribution is 2.24. The molecule has 30 heavy (non-hydrogen) atoms. The van der Waals surface area contributed by atoms with Crippen LogP contribution in [0.5, 0.6) is 0 Å². The lowest BCUT2D eigenvalue weighted by Gasteiger charge is -2.32. The van der Waals surface area contributed by atoms with Gasteiger partial charge < -0.3 is 10.2 Å². The fourth-order valence-corrected chi connectivity index (χ4v) is 3.59. The summed E-state index contributed by atoms with van der Waals surface area (Å²) in [6, 6.07) is 12.6. The number of halogens is 2. The van der Waals surface area contributed by atoms with Crippen molar-refractivity contribution in [1.29, 1.82) is 0 Å². The van der Waals surface area contributed by atoms with Crippen molar-refractivity contribution in [3.05, 3.63) is 69.2 Å². The number of hydrogen-bond acceptors (Lipinski definition) is 2. The summed E-state index contributed by atoms with van der Waals surface area (Å²) in [5.41, 5.74) is 2.84. The molecule has 0 saturated heterocycles. The van der Waals surface area contributed by atoms with Crippen LogP contribution in [0.15, 0.2) is 42.5 Å². The molecule has 1 N–H and O–H groups in total. The number of aryl methyl sites for hydroxylation is 1. The summed E-state index contributed by atoms with van der Waals surface area (Å²) in [5.74, 6) is -0.230. The van der Waals surface area contributed by atoms with Crippen LogP contribution >= 0.6 is 23.2 Å². The van der Waals surface area contributed by atoms with Gasteiger partial charge in [-0.05, 0) is 55.5 Å². The highest BCUT2D eigenvalue weighted by molar-refractivity contribution is 6.42. The normalized spacial score (nSPS) is 12.9. The molecular formula is C24H30Cl2N2O2. The summed E-state index contributed by atoms with van der Waals surface area (Å²) in [7, 11) is 0. The maximum Gasteiger partial charge on any atom is 0.243 e. The van der Waals surface area contributed by atoms with E-state index in [4.69, 9.17) is 23.2 Å². The third kappa shape index (κ3) is 6.48. The zero-order chi connectivity index (χ0) is 22.3. The van der Waals surface area contributed by atoms with E-state index in [0.29, 0.717) is 16.5 Å². The molecule has 0 aliphatic rings. The minimum atomic E-state index is -0.565. The fraction of sp³-hybridized carbons (Fsp3) is 0.417. The van der Waals surface area contributed by atoms with Gasteiger partial charge in [-0.25, -0.2) is 0 Å². The monoisotopic (exact) mass is 448 g/mol. The Morgan fingerprint density at radius 3 is 2.33 bits per heavy atom. The van der Waals surface area contributed by atoms with Crippen molar-refractivity contribution in [3.8, 4) is 0 Å². The third-order valence-corrected chi connectivity index (χ3v) is 6.07. The zero-order valence-corrected chi connectivity index (χ0v) is 19.6. The van der Waals surface area contributed by atoms with Crippen LogP contribution in [0.4, 0.5) is 0 Å². The Bertz CT molecular complexity index is 885. The number of hydrogen-bond donors (Lipinski definition) is 1. The van der Waals surface area contributed by atoms with Gasteiger partial charge in [-0.1, -0.05) is 67.4 Å². The topological polar surface area (TPSA) is 49.4 Å². The predicted octanol–water partition coefficient (Wildman–Crippen LogP) is 5.57. The summed E-state index contributed by atoms with van der Waals surface area (Å²) in [6.07, 6.45) is 1.58. The molecular weight excluding hydrogens is 419 g/mol. The van der Waals surface area contributed by atoms with E-state index in [0.717, 1.165) is 23.1 Å². The lowest BCUT2D eigenvalue weighted by Crippen LogP contribution is -2.51. The molecule has 4 nitrogen and oxygen atoms in total. The molecule has 2 amide bonds. The lowest BCUT2D eigenvalue weighted by atomic mass is 10.0. The summed E-state index contributed by atoms with van der Waals surface area (Å²) >= 11 is 12.2. The van der Waals surface area contributed by atoms with E-state index in [9.17, 15) is 9.59 Å². The van der Waals surface area contributed by atoms with Gasteiger partial charge in [0.2, 0.25) is 11.8 Å². The number of rotatable bonds is 9. The highest BCUT2D eigenvalue weighted by atomic mass is 35.5. The highest BCUT2D eigenvalue weighted by Gasteiger charge is 2.29. The van der Waals surface area contributed by atoms with Crippen molar-refractivity contribution in [1.82, 2.24) is 10.2 Å². The van der Waals surface area contributed by atoms with Gasteiger partial charge in [-0.3, -0.25) is 9.59 Å². The molecule has 2 atom stereocenters. The largest absolute Gasteiger partial charge is 0.352 e. The van der Waals surface area contributed by atoms with E-state index in [1.54, 1.807) is 17.0 Å². The van der Waals surface area contributed by atoms with E-state index < -0.39 is 6.04 Å². The van der Waals surface area contributed by atoms with E-state index in [1.165, 1.54) is 0 Å². The van der Waals surface area contributed by atoms with Gasteiger partial charge in [0.1, 0.15) is 6.04 Å². The smallest absolute Gasteiger partial charge is 0.243 e. The molecule has 0 unspecified atom stereocenters. The molecule has 6 heteroatoms. The average molecular weight is 449 g/mol. The second kappa shape index (κ2) is 11.4. The molecule has 2 aromatic rings. The maximum absolute atomic E-state index is 13.4. The first-order chi connectivity index (χ1) is 14.3. The first kappa shape index (κ1) is 24.2. The van der Waals surface area contributed by atoms with Crippen LogP contribution in [0.1, 0.15) is 50.3 Å². The first-order valence-corrected chi connectivity index (χ1v) is 11.1. The Labute approximate surface area is 189 Å². The quantitative estimate of drug-likeness (QED) is 0.545. The second-order valence-electron chi connectivity index (χ2n) is 7.62. The number of nitrogens with one attached hydrogen (secondary N) is 1. The van der Waals surface area contributed by atoms with Gasteiger partial charge in [0, 0.05) is 12.6 Å². The maximum atomic E-state index is 13.4. The van der Waals surface area contributed by atoms with Crippen molar-refractivity contribution >= 4 is 35.0 Å². The molecule has 0 aliphatic heterocycles. The zero-order valence-electron chi connectivity index (χ0n) is 18.0. The second-order valence-corrected chi connectivity index (χ2v) is 8.43.